The van der Waals surface area contributed by atoms with Gasteiger partial charge in [0.05, 0.1) is 22.8 Å². The Morgan fingerprint density at radius 3 is 2.53 bits per heavy atom. The summed E-state index contributed by atoms with van der Waals surface area (Å²) in [6, 6.07) is 11.7. The molecule has 5 nitrogen and oxygen atoms in total. The van der Waals surface area contributed by atoms with E-state index in [-0.39, 0.29) is 18.4 Å². The second-order valence-electron chi connectivity index (χ2n) is 6.43. The van der Waals surface area contributed by atoms with E-state index in [1.165, 1.54) is 42.0 Å². The van der Waals surface area contributed by atoms with Gasteiger partial charge >= 0.3 is 6.18 Å². The fourth-order valence-corrected chi connectivity index (χ4v) is 3.89. The largest absolute Gasteiger partial charge is 0.416 e. The van der Waals surface area contributed by atoms with E-state index in [1.54, 1.807) is 12.1 Å². The molecule has 0 aliphatic carbocycles. The van der Waals surface area contributed by atoms with Gasteiger partial charge in [0.2, 0.25) is 5.91 Å². The Bertz CT molecular complexity index is 959. The molecule has 0 bridgehead atoms. The lowest BCUT2D eigenvalue weighted by Gasteiger charge is -2.29. The number of rotatable bonds is 6. The maximum absolute atomic E-state index is 13.0. The van der Waals surface area contributed by atoms with Gasteiger partial charge < -0.3 is 10.1 Å². The van der Waals surface area contributed by atoms with Crippen LogP contribution in [0.25, 0.3) is 6.08 Å². The Labute approximate surface area is 175 Å². The SMILES string of the molecule is COCCNC(=O)CN1C(=O)/C(=C\c2ccc(C(F)(F)F)cc2)Sc2ccccc21. The number of fused-ring (bicyclic) bond motifs is 1. The van der Waals surface area contributed by atoms with Crippen LogP contribution in [0.5, 0.6) is 0 Å². The first kappa shape index (κ1) is 21.9. The van der Waals surface area contributed by atoms with Crippen LogP contribution in [0.4, 0.5) is 18.9 Å². The summed E-state index contributed by atoms with van der Waals surface area (Å²) in [4.78, 5) is 27.7. The predicted octanol–water partition coefficient (Wildman–Crippen LogP) is 3.95. The Hall–Kier alpha value is -2.78. The van der Waals surface area contributed by atoms with Gasteiger partial charge in [-0.25, -0.2) is 0 Å². The zero-order valence-corrected chi connectivity index (χ0v) is 16.8. The summed E-state index contributed by atoms with van der Waals surface area (Å²) in [6.07, 6.45) is -2.90. The molecule has 0 saturated carbocycles. The number of carbonyl (C=O) groups excluding carboxylic acids is 2. The van der Waals surface area contributed by atoms with Crippen molar-refractivity contribution in [3.63, 3.8) is 0 Å². The Kier molecular flexibility index (Phi) is 6.84. The number of ether oxygens (including phenoxy) is 1. The number of benzene rings is 2. The quantitative estimate of drug-likeness (QED) is 0.550. The third-order valence-electron chi connectivity index (χ3n) is 4.30. The lowest BCUT2D eigenvalue weighted by Crippen LogP contribution is -2.43. The van der Waals surface area contributed by atoms with Crippen molar-refractivity contribution in [2.75, 3.05) is 31.7 Å². The molecule has 30 heavy (non-hydrogen) atoms. The van der Waals surface area contributed by atoms with Gasteiger partial charge in [0.25, 0.3) is 5.91 Å². The van der Waals surface area contributed by atoms with E-state index in [2.05, 4.69) is 5.32 Å². The fourth-order valence-electron chi connectivity index (χ4n) is 2.83. The lowest BCUT2D eigenvalue weighted by molar-refractivity contribution is -0.137. The summed E-state index contributed by atoms with van der Waals surface area (Å²) >= 11 is 1.22. The number of halogens is 3. The van der Waals surface area contributed by atoms with E-state index < -0.39 is 11.7 Å². The van der Waals surface area contributed by atoms with E-state index in [9.17, 15) is 22.8 Å². The van der Waals surface area contributed by atoms with Crippen molar-refractivity contribution in [2.45, 2.75) is 11.1 Å². The molecule has 2 aromatic rings. The third-order valence-corrected chi connectivity index (χ3v) is 5.38. The number of anilines is 1. The smallest absolute Gasteiger partial charge is 0.383 e. The molecule has 9 heteroatoms. The van der Waals surface area contributed by atoms with Crippen LogP contribution in [0.1, 0.15) is 11.1 Å². The highest BCUT2D eigenvalue weighted by Gasteiger charge is 2.31. The number of para-hydroxylation sites is 1. The molecule has 1 aliphatic rings. The number of nitrogens with one attached hydrogen (secondary N) is 1. The van der Waals surface area contributed by atoms with Gasteiger partial charge in [-0.1, -0.05) is 36.0 Å². The van der Waals surface area contributed by atoms with Crippen LogP contribution in [-0.2, 0) is 20.5 Å². The van der Waals surface area contributed by atoms with E-state index in [4.69, 9.17) is 4.74 Å². The molecule has 1 N–H and O–H groups in total. The fraction of sp³-hybridized carbons (Fsp3) is 0.238. The third kappa shape index (κ3) is 5.22. The molecular weight excluding hydrogens is 417 g/mol. The van der Waals surface area contributed by atoms with Crippen molar-refractivity contribution < 1.29 is 27.5 Å². The summed E-state index contributed by atoms with van der Waals surface area (Å²) in [5.41, 5.74) is 0.314. The number of hydrogen-bond donors (Lipinski definition) is 1. The maximum atomic E-state index is 13.0. The maximum Gasteiger partial charge on any atom is 0.416 e. The standard InChI is InChI=1S/C21H19F3N2O3S/c1-29-11-10-25-19(27)13-26-16-4-2-3-5-17(16)30-18(20(26)28)12-14-6-8-15(9-7-14)21(22,23)24/h2-9,12H,10-11,13H2,1H3,(H,25,27)/b18-12+. The van der Waals surface area contributed by atoms with E-state index >= 15 is 0 Å². The molecule has 1 aliphatic heterocycles. The van der Waals surface area contributed by atoms with Crippen LogP contribution in [-0.4, -0.2) is 38.6 Å². The molecule has 1 heterocycles. The summed E-state index contributed by atoms with van der Waals surface area (Å²) in [6.45, 7) is 0.498. The number of methoxy groups -OCH3 is 1. The van der Waals surface area contributed by atoms with Crippen LogP contribution >= 0.6 is 11.8 Å². The van der Waals surface area contributed by atoms with Gasteiger partial charge in [0.15, 0.2) is 0 Å². The predicted molar refractivity (Wildman–Crippen MR) is 109 cm³/mol. The normalized spacial score (nSPS) is 15.3. The molecule has 0 fully saturated rings. The highest BCUT2D eigenvalue weighted by molar-refractivity contribution is 8.04. The molecule has 0 saturated heterocycles. The van der Waals surface area contributed by atoms with Crippen LogP contribution in [0, 0.1) is 0 Å². The average molecular weight is 436 g/mol. The topological polar surface area (TPSA) is 58.6 Å². The molecule has 0 radical (unpaired) electrons. The zero-order chi connectivity index (χ0) is 21.7. The van der Waals surface area contributed by atoms with Crippen LogP contribution < -0.4 is 10.2 Å². The van der Waals surface area contributed by atoms with Crippen LogP contribution in [0.2, 0.25) is 0 Å². The van der Waals surface area contributed by atoms with Gasteiger partial charge in [0, 0.05) is 18.6 Å². The minimum atomic E-state index is -4.42. The van der Waals surface area contributed by atoms with Crippen molar-refractivity contribution >= 4 is 35.3 Å². The molecule has 0 unspecified atom stereocenters. The van der Waals surface area contributed by atoms with Crippen molar-refractivity contribution in [1.29, 1.82) is 0 Å². The van der Waals surface area contributed by atoms with Crippen molar-refractivity contribution in [1.82, 2.24) is 5.32 Å². The summed E-state index contributed by atoms with van der Waals surface area (Å²) in [5, 5.41) is 2.68. The van der Waals surface area contributed by atoms with E-state index in [1.807, 2.05) is 12.1 Å². The number of hydrogen-bond acceptors (Lipinski definition) is 4. The molecule has 158 valence electrons. The Morgan fingerprint density at radius 1 is 1.17 bits per heavy atom. The molecular formula is C21H19F3N2O3S. The number of nitrogens with zero attached hydrogens (tertiary/aromatic N) is 1. The van der Waals surface area contributed by atoms with Crippen LogP contribution in [0.15, 0.2) is 58.3 Å². The lowest BCUT2D eigenvalue weighted by atomic mass is 10.1. The number of alkyl halides is 3. The Morgan fingerprint density at radius 2 is 1.87 bits per heavy atom. The molecule has 0 spiro atoms. The first-order valence-electron chi connectivity index (χ1n) is 9.03. The molecule has 3 rings (SSSR count). The molecule has 0 aromatic heterocycles. The second-order valence-corrected chi connectivity index (χ2v) is 7.52. The first-order valence-corrected chi connectivity index (χ1v) is 9.84. The second kappa shape index (κ2) is 9.36. The number of thioether (sulfide) groups is 1. The highest BCUT2D eigenvalue weighted by atomic mass is 32.2. The number of carbonyl (C=O) groups is 2. The average Bonchev–Trinajstić information content (AvgIpc) is 2.71. The van der Waals surface area contributed by atoms with Crippen molar-refractivity contribution in [3.05, 3.63) is 64.6 Å². The summed E-state index contributed by atoms with van der Waals surface area (Å²) in [7, 11) is 1.52. The van der Waals surface area contributed by atoms with Gasteiger partial charge in [-0.05, 0) is 35.9 Å². The van der Waals surface area contributed by atoms with E-state index in [0.717, 1.165) is 17.0 Å². The van der Waals surface area contributed by atoms with Gasteiger partial charge in [0.1, 0.15) is 6.54 Å². The monoisotopic (exact) mass is 436 g/mol. The van der Waals surface area contributed by atoms with Gasteiger partial charge in [-0.2, -0.15) is 13.2 Å². The molecule has 2 aromatic carbocycles. The zero-order valence-electron chi connectivity index (χ0n) is 16.0. The minimum Gasteiger partial charge on any atom is -0.383 e. The van der Waals surface area contributed by atoms with Crippen molar-refractivity contribution in [2.24, 2.45) is 0 Å². The van der Waals surface area contributed by atoms with Crippen LogP contribution in [0.3, 0.4) is 0 Å². The summed E-state index contributed by atoms with van der Waals surface area (Å²) < 4.78 is 43.2. The first-order chi connectivity index (χ1) is 14.3. The molecule has 0 atom stereocenters. The minimum absolute atomic E-state index is 0.176. The van der Waals surface area contributed by atoms with Crippen molar-refractivity contribution in [3.8, 4) is 0 Å². The van der Waals surface area contributed by atoms with Gasteiger partial charge in [-0.3, -0.25) is 14.5 Å². The molecule has 2 amide bonds. The van der Waals surface area contributed by atoms with Gasteiger partial charge in [-0.15, -0.1) is 0 Å². The number of amides is 2. The Balaban J connectivity index is 1.86. The van der Waals surface area contributed by atoms with E-state index in [0.29, 0.717) is 29.3 Å². The highest BCUT2D eigenvalue weighted by Crippen LogP contribution is 2.42. The summed E-state index contributed by atoms with van der Waals surface area (Å²) in [5.74, 6) is -0.725.